The molecule has 0 aromatic rings. The van der Waals surface area contributed by atoms with Crippen molar-refractivity contribution in [2.24, 2.45) is 5.92 Å². The quantitative estimate of drug-likeness (QED) is 0.488. The molecule has 2 heteroatoms. The Kier molecular flexibility index (Phi) is 1.24. The van der Waals surface area contributed by atoms with Crippen LogP contribution in [0.2, 0.25) is 0 Å². The van der Waals surface area contributed by atoms with Crippen LogP contribution in [-0.2, 0) is 4.79 Å². The molecule has 1 N–H and O–H groups in total. The largest absolute Gasteiger partial charge is 0.353 e. The second-order valence-electron chi connectivity index (χ2n) is 2.55. The second-order valence-corrected chi connectivity index (χ2v) is 2.55. The predicted molar refractivity (Wildman–Crippen MR) is 31.4 cm³/mol. The van der Waals surface area contributed by atoms with Gasteiger partial charge >= 0.3 is 0 Å². The molecule has 0 spiro atoms. The van der Waals surface area contributed by atoms with Crippen LogP contribution < -0.4 is 5.32 Å². The topological polar surface area (TPSA) is 29.1 Å². The summed E-state index contributed by atoms with van der Waals surface area (Å²) in [5.41, 5.74) is 0. The average Bonchev–Trinajstić information content (AvgIpc) is 1.85. The monoisotopic (exact) mass is 113 g/mol. The second kappa shape index (κ2) is 1.77. The number of hydrogen-bond acceptors (Lipinski definition) is 1. The summed E-state index contributed by atoms with van der Waals surface area (Å²) in [4.78, 5) is 10.7. The van der Waals surface area contributed by atoms with Gasteiger partial charge in [-0.2, -0.15) is 0 Å². The summed E-state index contributed by atoms with van der Waals surface area (Å²) in [6.45, 7) is 3.99. The lowest BCUT2D eigenvalue weighted by molar-refractivity contribution is -0.122. The van der Waals surface area contributed by atoms with Crippen molar-refractivity contribution in [1.82, 2.24) is 5.32 Å². The average molecular weight is 113 g/mol. The molecule has 1 aliphatic heterocycles. The number of hydrogen-bond donors (Lipinski definition) is 1. The van der Waals surface area contributed by atoms with Gasteiger partial charge in [-0.1, -0.05) is 6.92 Å². The molecule has 1 rings (SSSR count). The molecule has 0 unspecified atom stereocenters. The number of rotatable bonds is 0. The van der Waals surface area contributed by atoms with Gasteiger partial charge in [-0.25, -0.2) is 0 Å². The number of amides is 1. The van der Waals surface area contributed by atoms with E-state index < -0.39 is 0 Å². The molecule has 0 bridgehead atoms. The van der Waals surface area contributed by atoms with Crippen LogP contribution in [0.4, 0.5) is 0 Å². The third kappa shape index (κ3) is 0.831. The summed E-state index contributed by atoms with van der Waals surface area (Å²) in [6.07, 6.45) is 0.999. The first-order valence-corrected chi connectivity index (χ1v) is 3.00. The van der Waals surface area contributed by atoms with E-state index in [0.29, 0.717) is 6.04 Å². The van der Waals surface area contributed by atoms with Gasteiger partial charge in [0.05, 0.1) is 0 Å². The van der Waals surface area contributed by atoms with Crippen LogP contribution in [0.25, 0.3) is 0 Å². The molecule has 1 amide bonds. The predicted octanol–water partition coefficient (Wildman–Crippen LogP) is 0.531. The van der Waals surface area contributed by atoms with Crippen LogP contribution in [0.1, 0.15) is 20.3 Å². The zero-order valence-corrected chi connectivity index (χ0v) is 5.27. The van der Waals surface area contributed by atoms with Gasteiger partial charge in [0.1, 0.15) is 0 Å². The fourth-order valence-electron chi connectivity index (χ4n) is 1.08. The summed E-state index contributed by atoms with van der Waals surface area (Å²) in [5.74, 6) is 0.447. The Labute approximate surface area is 49.3 Å². The Morgan fingerprint density at radius 2 is 2.25 bits per heavy atom. The van der Waals surface area contributed by atoms with Crippen LogP contribution in [-0.4, -0.2) is 11.9 Å². The highest BCUT2D eigenvalue weighted by molar-refractivity contribution is 5.80. The van der Waals surface area contributed by atoms with E-state index in [-0.39, 0.29) is 11.8 Å². The first-order chi connectivity index (χ1) is 3.70. The molecule has 46 valence electrons. The van der Waals surface area contributed by atoms with E-state index in [1.807, 2.05) is 13.8 Å². The van der Waals surface area contributed by atoms with Crippen molar-refractivity contribution in [1.29, 1.82) is 0 Å². The zero-order valence-electron chi connectivity index (χ0n) is 5.27. The van der Waals surface area contributed by atoms with Gasteiger partial charge in [0.2, 0.25) is 5.91 Å². The lowest BCUT2D eigenvalue weighted by Crippen LogP contribution is -2.22. The van der Waals surface area contributed by atoms with Crippen molar-refractivity contribution in [3.8, 4) is 0 Å². The third-order valence-corrected chi connectivity index (χ3v) is 1.54. The maximum absolute atomic E-state index is 10.7. The molecule has 1 saturated heterocycles. The van der Waals surface area contributed by atoms with E-state index in [1.165, 1.54) is 0 Å². The van der Waals surface area contributed by atoms with E-state index in [0.717, 1.165) is 6.42 Å². The molecule has 0 saturated carbocycles. The SMILES string of the molecule is C[C@@H]1C[C@@H](C)C(=O)N1. The van der Waals surface area contributed by atoms with Crippen LogP contribution in [0.15, 0.2) is 0 Å². The minimum absolute atomic E-state index is 0.206. The summed E-state index contributed by atoms with van der Waals surface area (Å²) in [6, 6.07) is 0.400. The molecule has 8 heavy (non-hydrogen) atoms. The first kappa shape index (κ1) is 5.60. The lowest BCUT2D eigenvalue weighted by atomic mass is 10.1. The lowest BCUT2D eigenvalue weighted by Gasteiger charge is -1.95. The molecule has 1 aliphatic rings. The molecule has 0 aromatic heterocycles. The third-order valence-electron chi connectivity index (χ3n) is 1.54. The normalized spacial score (nSPS) is 37.5. The summed E-state index contributed by atoms with van der Waals surface area (Å²) in [7, 11) is 0. The minimum Gasteiger partial charge on any atom is -0.353 e. The van der Waals surface area contributed by atoms with Crippen LogP contribution in [0.5, 0.6) is 0 Å². The number of nitrogens with one attached hydrogen (secondary N) is 1. The van der Waals surface area contributed by atoms with Crippen LogP contribution in [0, 0.1) is 5.92 Å². The Morgan fingerprint density at radius 3 is 2.38 bits per heavy atom. The maximum Gasteiger partial charge on any atom is 0.223 e. The van der Waals surface area contributed by atoms with Gasteiger partial charge in [0.15, 0.2) is 0 Å². The van der Waals surface area contributed by atoms with Crippen molar-refractivity contribution in [2.75, 3.05) is 0 Å². The smallest absolute Gasteiger partial charge is 0.223 e. The zero-order chi connectivity index (χ0) is 6.15. The number of carbonyl (C=O) groups is 1. The Balaban J connectivity index is 2.51. The van der Waals surface area contributed by atoms with Crippen molar-refractivity contribution >= 4 is 5.91 Å². The summed E-state index contributed by atoms with van der Waals surface area (Å²) < 4.78 is 0. The Hall–Kier alpha value is -0.530. The minimum atomic E-state index is 0.206. The fraction of sp³-hybridized carbons (Fsp3) is 0.833. The molecule has 0 radical (unpaired) electrons. The van der Waals surface area contributed by atoms with Gasteiger partial charge < -0.3 is 5.32 Å². The highest BCUT2D eigenvalue weighted by atomic mass is 16.2. The molecule has 2 atom stereocenters. The number of carbonyl (C=O) groups excluding carboxylic acids is 1. The van der Waals surface area contributed by atoms with E-state index in [1.54, 1.807) is 0 Å². The highest BCUT2D eigenvalue weighted by Gasteiger charge is 2.24. The van der Waals surface area contributed by atoms with Crippen LogP contribution >= 0.6 is 0 Å². The van der Waals surface area contributed by atoms with Crippen molar-refractivity contribution in [2.45, 2.75) is 26.3 Å². The highest BCUT2D eigenvalue weighted by Crippen LogP contribution is 2.12. The van der Waals surface area contributed by atoms with E-state index in [9.17, 15) is 4.79 Å². The molecular formula is C6H11NO. The van der Waals surface area contributed by atoms with Crippen LogP contribution in [0.3, 0.4) is 0 Å². The summed E-state index contributed by atoms with van der Waals surface area (Å²) >= 11 is 0. The molecule has 2 nitrogen and oxygen atoms in total. The Bertz CT molecular complexity index is 111. The van der Waals surface area contributed by atoms with Gasteiger partial charge in [0, 0.05) is 12.0 Å². The fourth-order valence-corrected chi connectivity index (χ4v) is 1.08. The van der Waals surface area contributed by atoms with E-state index >= 15 is 0 Å². The molecule has 0 aromatic carbocycles. The first-order valence-electron chi connectivity index (χ1n) is 3.00. The van der Waals surface area contributed by atoms with E-state index in [4.69, 9.17) is 0 Å². The van der Waals surface area contributed by atoms with Gasteiger partial charge in [0.25, 0.3) is 0 Å². The van der Waals surface area contributed by atoms with Gasteiger partial charge in [-0.05, 0) is 13.3 Å². The molecule has 0 aliphatic carbocycles. The van der Waals surface area contributed by atoms with Crippen molar-refractivity contribution in [3.05, 3.63) is 0 Å². The molecular weight excluding hydrogens is 102 g/mol. The Morgan fingerprint density at radius 1 is 1.62 bits per heavy atom. The van der Waals surface area contributed by atoms with Crippen molar-refractivity contribution < 1.29 is 4.79 Å². The van der Waals surface area contributed by atoms with Gasteiger partial charge in [-0.15, -0.1) is 0 Å². The van der Waals surface area contributed by atoms with Gasteiger partial charge in [-0.3, -0.25) is 4.79 Å². The molecule has 1 heterocycles. The van der Waals surface area contributed by atoms with E-state index in [2.05, 4.69) is 5.32 Å². The summed E-state index contributed by atoms with van der Waals surface area (Å²) in [5, 5.41) is 2.83. The maximum atomic E-state index is 10.7. The van der Waals surface area contributed by atoms with Crippen molar-refractivity contribution in [3.63, 3.8) is 0 Å². The molecule has 1 fully saturated rings. The standard InChI is InChI=1S/C6H11NO/c1-4-3-5(2)7-6(4)8/h4-5H,3H2,1-2H3,(H,7,8)/t4-,5-/m1/s1.